The van der Waals surface area contributed by atoms with Gasteiger partial charge >= 0.3 is 0 Å². The summed E-state index contributed by atoms with van der Waals surface area (Å²) in [5.41, 5.74) is 1.77. The second-order valence-electron chi connectivity index (χ2n) is 4.96. The summed E-state index contributed by atoms with van der Waals surface area (Å²) in [6, 6.07) is 3.79. The highest BCUT2D eigenvalue weighted by Gasteiger charge is 2.19. The summed E-state index contributed by atoms with van der Waals surface area (Å²) in [4.78, 5) is 9.11. The van der Waals surface area contributed by atoms with E-state index in [1.165, 1.54) is 25.0 Å². The number of methoxy groups -OCH3 is 1. The third-order valence-electron chi connectivity index (χ3n) is 3.63. The molecule has 0 bridgehead atoms. The minimum atomic E-state index is 0.413. The van der Waals surface area contributed by atoms with Crippen LogP contribution in [0.3, 0.4) is 0 Å². The third-order valence-corrected chi connectivity index (χ3v) is 5.25. The normalized spacial score (nSPS) is 19.4. The molecule has 0 aliphatic carbocycles. The quantitative estimate of drug-likeness (QED) is 0.811. The van der Waals surface area contributed by atoms with Gasteiger partial charge in [0.05, 0.1) is 13.0 Å². The monoisotopic (exact) mass is 311 g/mol. The van der Waals surface area contributed by atoms with E-state index in [0.29, 0.717) is 17.0 Å². The lowest BCUT2D eigenvalue weighted by Gasteiger charge is -2.22. The number of ether oxygens (including phenoxy) is 1. The fourth-order valence-electron chi connectivity index (χ4n) is 2.59. The topological polar surface area (TPSA) is 39.9 Å². The van der Waals surface area contributed by atoms with Crippen molar-refractivity contribution in [2.45, 2.75) is 36.9 Å². The van der Waals surface area contributed by atoms with Crippen LogP contribution in [0.2, 0.25) is 0 Å². The molecule has 1 unspecified atom stereocenters. The molecule has 0 N–H and O–H groups in total. The van der Waals surface area contributed by atoms with Crippen LogP contribution in [0.5, 0.6) is 5.88 Å². The van der Waals surface area contributed by atoms with Crippen molar-refractivity contribution in [3.8, 4) is 5.88 Å². The molecule has 0 radical (unpaired) electrons. The Morgan fingerprint density at radius 1 is 1.40 bits per heavy atom. The Bertz CT molecular complexity index is 595. The van der Waals surface area contributed by atoms with E-state index in [1.807, 2.05) is 23.9 Å². The SMILES string of the molecule is COc1ccc2nc(CCl)n(CC3CCCCS3)c2n1. The van der Waals surface area contributed by atoms with Crippen LogP contribution in [0, 0.1) is 0 Å². The summed E-state index contributed by atoms with van der Waals surface area (Å²) < 4.78 is 7.38. The van der Waals surface area contributed by atoms with E-state index in [2.05, 4.69) is 14.5 Å². The van der Waals surface area contributed by atoms with Gasteiger partial charge < -0.3 is 9.30 Å². The number of hydrogen-bond donors (Lipinski definition) is 0. The molecule has 0 saturated carbocycles. The molecule has 1 fully saturated rings. The van der Waals surface area contributed by atoms with Crippen LogP contribution < -0.4 is 4.74 Å². The summed E-state index contributed by atoms with van der Waals surface area (Å²) in [6.45, 7) is 0.934. The number of halogens is 1. The number of aromatic nitrogens is 3. The molecule has 2 aromatic heterocycles. The van der Waals surface area contributed by atoms with Crippen LogP contribution in [0.15, 0.2) is 12.1 Å². The standard InChI is InChI=1S/C14H18ClN3OS/c1-19-13-6-5-11-14(17-13)18(12(8-15)16-11)9-10-4-2-3-7-20-10/h5-6,10H,2-4,7-9H2,1H3. The van der Waals surface area contributed by atoms with Gasteiger partial charge in [-0.2, -0.15) is 16.7 Å². The number of hydrogen-bond acceptors (Lipinski definition) is 4. The predicted octanol–water partition coefficient (Wildman–Crippen LogP) is 3.46. The number of pyridine rings is 1. The van der Waals surface area contributed by atoms with E-state index < -0.39 is 0 Å². The van der Waals surface area contributed by atoms with Gasteiger partial charge in [0.25, 0.3) is 0 Å². The average Bonchev–Trinajstić information content (AvgIpc) is 2.85. The van der Waals surface area contributed by atoms with Crippen LogP contribution in [0.1, 0.15) is 25.1 Å². The minimum absolute atomic E-state index is 0.413. The molecular weight excluding hydrogens is 294 g/mol. The fourth-order valence-corrected chi connectivity index (χ4v) is 4.09. The second-order valence-corrected chi connectivity index (χ2v) is 6.63. The van der Waals surface area contributed by atoms with Gasteiger partial charge in [-0.1, -0.05) is 6.42 Å². The number of rotatable bonds is 4. The van der Waals surface area contributed by atoms with E-state index in [4.69, 9.17) is 16.3 Å². The number of thioether (sulfide) groups is 1. The Hall–Kier alpha value is -0.940. The van der Waals surface area contributed by atoms with Crippen molar-refractivity contribution in [1.29, 1.82) is 0 Å². The van der Waals surface area contributed by atoms with Gasteiger partial charge in [-0.15, -0.1) is 11.6 Å². The molecule has 1 aliphatic heterocycles. The lowest BCUT2D eigenvalue weighted by atomic mass is 10.2. The molecule has 1 saturated heterocycles. The molecule has 3 rings (SSSR count). The van der Waals surface area contributed by atoms with Gasteiger partial charge in [0.15, 0.2) is 5.65 Å². The lowest BCUT2D eigenvalue weighted by Crippen LogP contribution is -2.18. The van der Waals surface area contributed by atoms with Crippen molar-refractivity contribution >= 4 is 34.5 Å². The predicted molar refractivity (Wildman–Crippen MR) is 83.7 cm³/mol. The van der Waals surface area contributed by atoms with Crippen molar-refractivity contribution in [1.82, 2.24) is 14.5 Å². The largest absolute Gasteiger partial charge is 0.481 e. The summed E-state index contributed by atoms with van der Waals surface area (Å²) >= 11 is 8.09. The Kier molecular flexibility index (Phi) is 4.36. The molecule has 0 amide bonds. The van der Waals surface area contributed by atoms with Crippen LogP contribution in [-0.2, 0) is 12.4 Å². The van der Waals surface area contributed by atoms with Gasteiger partial charge in [0.1, 0.15) is 11.3 Å². The lowest BCUT2D eigenvalue weighted by molar-refractivity contribution is 0.399. The molecular formula is C14H18ClN3OS. The maximum atomic E-state index is 6.05. The van der Waals surface area contributed by atoms with E-state index in [9.17, 15) is 0 Å². The number of fused-ring (bicyclic) bond motifs is 1. The molecule has 0 aromatic carbocycles. The van der Waals surface area contributed by atoms with Crippen LogP contribution >= 0.6 is 23.4 Å². The molecule has 3 heterocycles. The number of imidazole rings is 1. The van der Waals surface area contributed by atoms with E-state index >= 15 is 0 Å². The Labute approximate surface area is 127 Å². The smallest absolute Gasteiger partial charge is 0.215 e. The molecule has 1 aliphatic rings. The summed E-state index contributed by atoms with van der Waals surface area (Å²) in [6.07, 6.45) is 3.91. The van der Waals surface area contributed by atoms with Crippen LogP contribution in [0.4, 0.5) is 0 Å². The second kappa shape index (κ2) is 6.22. The molecule has 2 aromatic rings. The van der Waals surface area contributed by atoms with Crippen molar-refractivity contribution in [3.05, 3.63) is 18.0 Å². The van der Waals surface area contributed by atoms with Gasteiger partial charge in [0, 0.05) is 17.9 Å². The average molecular weight is 312 g/mol. The van der Waals surface area contributed by atoms with E-state index in [1.54, 1.807) is 7.11 Å². The Balaban J connectivity index is 1.97. The summed E-state index contributed by atoms with van der Waals surface area (Å²) in [5, 5.41) is 0.635. The Morgan fingerprint density at radius 3 is 3.00 bits per heavy atom. The number of alkyl halides is 1. The van der Waals surface area contributed by atoms with Gasteiger partial charge in [-0.3, -0.25) is 0 Å². The maximum absolute atomic E-state index is 6.05. The summed E-state index contributed by atoms with van der Waals surface area (Å²) in [5.74, 6) is 3.19. The zero-order chi connectivity index (χ0) is 13.9. The minimum Gasteiger partial charge on any atom is -0.481 e. The zero-order valence-electron chi connectivity index (χ0n) is 11.5. The van der Waals surface area contributed by atoms with Crippen LogP contribution in [0.25, 0.3) is 11.2 Å². The van der Waals surface area contributed by atoms with Crippen molar-refractivity contribution in [2.75, 3.05) is 12.9 Å². The number of nitrogens with zero attached hydrogens (tertiary/aromatic N) is 3. The highest BCUT2D eigenvalue weighted by Crippen LogP contribution is 2.28. The molecule has 108 valence electrons. The molecule has 20 heavy (non-hydrogen) atoms. The third kappa shape index (κ3) is 2.74. The molecule has 6 heteroatoms. The van der Waals surface area contributed by atoms with E-state index in [0.717, 1.165) is 23.5 Å². The highest BCUT2D eigenvalue weighted by molar-refractivity contribution is 7.99. The van der Waals surface area contributed by atoms with E-state index in [-0.39, 0.29) is 0 Å². The summed E-state index contributed by atoms with van der Waals surface area (Å²) in [7, 11) is 1.63. The van der Waals surface area contributed by atoms with Crippen molar-refractivity contribution in [2.24, 2.45) is 0 Å². The molecule has 4 nitrogen and oxygen atoms in total. The zero-order valence-corrected chi connectivity index (χ0v) is 13.1. The Morgan fingerprint density at radius 2 is 2.30 bits per heavy atom. The maximum Gasteiger partial charge on any atom is 0.215 e. The van der Waals surface area contributed by atoms with Gasteiger partial charge in [0.2, 0.25) is 5.88 Å². The fraction of sp³-hybridized carbons (Fsp3) is 0.571. The first-order chi connectivity index (χ1) is 9.81. The van der Waals surface area contributed by atoms with Gasteiger partial charge in [-0.25, -0.2) is 4.98 Å². The van der Waals surface area contributed by atoms with Crippen LogP contribution in [-0.4, -0.2) is 32.6 Å². The first-order valence-corrected chi connectivity index (χ1v) is 8.48. The molecule has 0 spiro atoms. The van der Waals surface area contributed by atoms with Gasteiger partial charge in [-0.05, 0) is 24.7 Å². The highest BCUT2D eigenvalue weighted by atomic mass is 35.5. The first kappa shape index (κ1) is 14.0. The van der Waals surface area contributed by atoms with Crippen molar-refractivity contribution < 1.29 is 4.74 Å². The van der Waals surface area contributed by atoms with Crippen molar-refractivity contribution in [3.63, 3.8) is 0 Å². The first-order valence-electron chi connectivity index (χ1n) is 6.89. The molecule has 1 atom stereocenters.